The molecule has 0 spiro atoms. The summed E-state index contributed by atoms with van der Waals surface area (Å²) >= 11 is 0. The smallest absolute Gasteiger partial charge is 0.242 e. The summed E-state index contributed by atoms with van der Waals surface area (Å²) in [7, 11) is 0. The van der Waals surface area contributed by atoms with Crippen molar-refractivity contribution >= 4 is 11.5 Å². The first-order valence-electron chi connectivity index (χ1n) is 7.41. The molecule has 2 rings (SSSR count). The first kappa shape index (κ1) is 14.6. The van der Waals surface area contributed by atoms with Crippen molar-refractivity contribution < 1.29 is 4.74 Å². The molecule has 20 heavy (non-hydrogen) atoms. The number of nitrogens with zero attached hydrogens (tertiary/aromatic N) is 2. The molecule has 1 aliphatic rings. The zero-order valence-electron chi connectivity index (χ0n) is 12.2. The highest BCUT2D eigenvalue weighted by molar-refractivity contribution is 5.67. The van der Waals surface area contributed by atoms with Gasteiger partial charge < -0.3 is 15.8 Å². The third-order valence-electron chi connectivity index (χ3n) is 3.59. The second kappa shape index (κ2) is 7.12. The van der Waals surface area contributed by atoms with E-state index in [0.29, 0.717) is 36.5 Å². The molecule has 1 aromatic rings. The molecule has 1 aliphatic carbocycles. The van der Waals surface area contributed by atoms with E-state index in [4.69, 9.17) is 10.5 Å². The third-order valence-corrected chi connectivity index (χ3v) is 3.59. The molecule has 0 radical (unpaired) electrons. The first-order valence-corrected chi connectivity index (χ1v) is 7.41. The quantitative estimate of drug-likeness (QED) is 0.781. The Labute approximate surface area is 120 Å². The molecule has 0 aromatic carbocycles. The maximum absolute atomic E-state index is 6.06. The van der Waals surface area contributed by atoms with Crippen LogP contribution in [0.2, 0.25) is 0 Å². The van der Waals surface area contributed by atoms with Crippen molar-refractivity contribution in [3.63, 3.8) is 0 Å². The van der Waals surface area contributed by atoms with Crippen molar-refractivity contribution in [2.24, 2.45) is 0 Å². The van der Waals surface area contributed by atoms with Gasteiger partial charge in [0.05, 0.1) is 6.61 Å². The van der Waals surface area contributed by atoms with Gasteiger partial charge in [0.25, 0.3) is 0 Å². The molecular weight excluding hydrogens is 252 g/mol. The normalized spacial score (nSPS) is 15.8. The summed E-state index contributed by atoms with van der Waals surface area (Å²) in [5.74, 6) is 2.43. The fraction of sp³-hybridized carbons (Fsp3) is 0.600. The van der Waals surface area contributed by atoms with E-state index in [1.165, 1.54) is 19.3 Å². The van der Waals surface area contributed by atoms with Gasteiger partial charge in [-0.25, -0.2) is 4.98 Å². The van der Waals surface area contributed by atoms with Crippen LogP contribution in [-0.2, 0) is 0 Å². The lowest BCUT2D eigenvalue weighted by Crippen LogP contribution is -2.14. The van der Waals surface area contributed by atoms with E-state index in [9.17, 15) is 0 Å². The van der Waals surface area contributed by atoms with Crippen LogP contribution in [0, 0.1) is 0 Å². The lowest BCUT2D eigenvalue weighted by molar-refractivity contribution is 0.324. The van der Waals surface area contributed by atoms with Crippen molar-refractivity contribution in [3.8, 4) is 5.88 Å². The van der Waals surface area contributed by atoms with Crippen LogP contribution in [0.3, 0.4) is 0 Å². The molecule has 0 amide bonds. The zero-order chi connectivity index (χ0) is 14.4. The van der Waals surface area contributed by atoms with Gasteiger partial charge in [0.2, 0.25) is 5.88 Å². The molecule has 1 saturated carbocycles. The minimum Gasteiger partial charge on any atom is -0.476 e. The number of hydrogen-bond donors (Lipinski definition) is 2. The lowest BCUT2D eigenvalue weighted by atomic mass is 9.88. The Kier molecular flexibility index (Phi) is 5.21. The van der Waals surface area contributed by atoms with E-state index < -0.39 is 0 Å². The van der Waals surface area contributed by atoms with Crippen LogP contribution in [0.25, 0.3) is 0 Å². The number of anilines is 2. The number of hydrogen-bond acceptors (Lipinski definition) is 5. The van der Waals surface area contributed by atoms with E-state index in [-0.39, 0.29) is 0 Å². The molecule has 5 nitrogen and oxygen atoms in total. The third kappa shape index (κ3) is 3.40. The van der Waals surface area contributed by atoms with Crippen LogP contribution >= 0.6 is 0 Å². The average molecular weight is 276 g/mol. The van der Waals surface area contributed by atoms with Gasteiger partial charge in [-0.1, -0.05) is 25.3 Å². The molecule has 0 bridgehead atoms. The molecule has 3 N–H and O–H groups in total. The van der Waals surface area contributed by atoms with Gasteiger partial charge in [-0.3, -0.25) is 0 Å². The largest absolute Gasteiger partial charge is 0.476 e. The van der Waals surface area contributed by atoms with Crippen molar-refractivity contribution in [2.45, 2.75) is 44.9 Å². The van der Waals surface area contributed by atoms with Gasteiger partial charge in [0.1, 0.15) is 11.5 Å². The number of nitrogens with one attached hydrogen (secondary N) is 1. The van der Waals surface area contributed by atoms with E-state index >= 15 is 0 Å². The fourth-order valence-corrected chi connectivity index (χ4v) is 2.56. The van der Waals surface area contributed by atoms with Gasteiger partial charge in [0, 0.05) is 12.5 Å². The Hall–Kier alpha value is -1.78. The first-order chi connectivity index (χ1) is 9.76. The van der Waals surface area contributed by atoms with Crippen LogP contribution in [-0.4, -0.2) is 23.1 Å². The topological polar surface area (TPSA) is 73.1 Å². The minimum atomic E-state index is 0.424. The monoisotopic (exact) mass is 276 g/mol. The summed E-state index contributed by atoms with van der Waals surface area (Å²) in [5, 5.41) is 3.17. The molecular formula is C15H24N4O. The zero-order valence-corrected chi connectivity index (χ0v) is 12.2. The van der Waals surface area contributed by atoms with Gasteiger partial charge in [-0.2, -0.15) is 4.98 Å². The van der Waals surface area contributed by atoms with Crippen LogP contribution in [0.4, 0.5) is 11.5 Å². The Morgan fingerprint density at radius 1 is 1.35 bits per heavy atom. The van der Waals surface area contributed by atoms with Crippen molar-refractivity contribution in [2.75, 3.05) is 24.2 Å². The highest BCUT2D eigenvalue weighted by Gasteiger charge is 2.21. The number of nitrogen functional groups attached to an aromatic ring is 1. The van der Waals surface area contributed by atoms with Crippen LogP contribution < -0.4 is 15.8 Å². The van der Waals surface area contributed by atoms with Crippen LogP contribution in [0.1, 0.15) is 50.8 Å². The summed E-state index contributed by atoms with van der Waals surface area (Å²) in [4.78, 5) is 9.13. The van der Waals surface area contributed by atoms with E-state index in [0.717, 1.165) is 18.7 Å². The lowest BCUT2D eigenvalue weighted by Gasteiger charge is -2.22. The average Bonchev–Trinajstić information content (AvgIpc) is 2.49. The second-order valence-corrected chi connectivity index (χ2v) is 5.09. The molecule has 1 heterocycles. The summed E-state index contributed by atoms with van der Waals surface area (Å²) in [6.07, 6.45) is 7.88. The molecule has 0 saturated heterocycles. The van der Waals surface area contributed by atoms with E-state index in [1.807, 2.05) is 6.92 Å². The summed E-state index contributed by atoms with van der Waals surface area (Å²) in [6, 6.07) is 0. The molecule has 0 unspecified atom stereocenters. The second-order valence-electron chi connectivity index (χ2n) is 5.09. The Morgan fingerprint density at radius 3 is 2.75 bits per heavy atom. The van der Waals surface area contributed by atoms with Crippen LogP contribution in [0.15, 0.2) is 12.7 Å². The van der Waals surface area contributed by atoms with Crippen LogP contribution in [0.5, 0.6) is 5.88 Å². The number of aromatic nitrogens is 2. The minimum absolute atomic E-state index is 0.424. The molecule has 0 atom stereocenters. The van der Waals surface area contributed by atoms with E-state index in [1.54, 1.807) is 6.08 Å². The highest BCUT2D eigenvalue weighted by atomic mass is 16.5. The maximum atomic E-state index is 6.06. The molecule has 110 valence electrons. The molecule has 0 aliphatic heterocycles. The summed E-state index contributed by atoms with van der Waals surface area (Å²) in [6.45, 7) is 6.80. The summed E-state index contributed by atoms with van der Waals surface area (Å²) < 4.78 is 5.55. The Balaban J connectivity index is 2.29. The Bertz CT molecular complexity index is 455. The number of rotatable bonds is 6. The van der Waals surface area contributed by atoms with Crippen molar-refractivity contribution in [3.05, 3.63) is 18.5 Å². The number of nitrogens with two attached hydrogens (primary N) is 1. The predicted octanol–water partition coefficient (Wildman–Crippen LogP) is 3.10. The summed E-state index contributed by atoms with van der Waals surface area (Å²) in [5.41, 5.74) is 6.54. The van der Waals surface area contributed by atoms with Gasteiger partial charge >= 0.3 is 0 Å². The van der Waals surface area contributed by atoms with Gasteiger partial charge in [0.15, 0.2) is 5.82 Å². The van der Waals surface area contributed by atoms with Gasteiger partial charge in [-0.05, 0) is 19.8 Å². The predicted molar refractivity (Wildman–Crippen MR) is 82.1 cm³/mol. The Morgan fingerprint density at radius 2 is 2.10 bits per heavy atom. The fourth-order valence-electron chi connectivity index (χ4n) is 2.56. The van der Waals surface area contributed by atoms with Crippen molar-refractivity contribution in [1.82, 2.24) is 9.97 Å². The van der Waals surface area contributed by atoms with Crippen molar-refractivity contribution in [1.29, 1.82) is 0 Å². The molecule has 1 fully saturated rings. The highest BCUT2D eigenvalue weighted by Crippen LogP contribution is 2.34. The van der Waals surface area contributed by atoms with E-state index in [2.05, 4.69) is 21.9 Å². The molecule has 5 heteroatoms. The maximum Gasteiger partial charge on any atom is 0.242 e. The standard InChI is InChI=1S/C15H24N4O/c1-3-10-17-14-12(16)15(20-4-2)19-13(18-14)11-8-6-5-7-9-11/h3,11H,1,4-10,16H2,2H3,(H,17,18,19). The molecule has 1 aromatic heterocycles. The van der Waals surface area contributed by atoms with Gasteiger partial charge in [-0.15, -0.1) is 6.58 Å². The SMILES string of the molecule is C=CCNc1nc(C2CCCCC2)nc(OCC)c1N. The number of ether oxygens (including phenoxy) is 1.